The number of fused-ring (bicyclic) bond motifs is 3. The molecule has 30 heavy (non-hydrogen) atoms. The van der Waals surface area contributed by atoms with Crippen LogP contribution in [0.15, 0.2) is 70.0 Å². The molecule has 0 atom stereocenters. The number of furan rings is 1. The van der Waals surface area contributed by atoms with Crippen molar-refractivity contribution < 1.29 is 22.6 Å². The summed E-state index contributed by atoms with van der Waals surface area (Å²) in [5.41, 5.74) is 3.60. The molecule has 1 aromatic heterocycles. The maximum absolute atomic E-state index is 12.5. The Morgan fingerprint density at radius 3 is 2.50 bits per heavy atom. The van der Waals surface area contributed by atoms with Gasteiger partial charge in [0.05, 0.1) is 9.82 Å². The van der Waals surface area contributed by atoms with E-state index in [4.69, 9.17) is 4.42 Å². The van der Waals surface area contributed by atoms with Gasteiger partial charge in [0.1, 0.15) is 11.2 Å². The van der Waals surface area contributed by atoms with Crippen molar-refractivity contribution in [3.8, 4) is 0 Å². The number of rotatable bonds is 5. The van der Waals surface area contributed by atoms with Gasteiger partial charge in [0.25, 0.3) is 21.6 Å². The monoisotopic (exact) mass is 425 g/mol. The van der Waals surface area contributed by atoms with E-state index in [1.807, 2.05) is 29.1 Å². The van der Waals surface area contributed by atoms with Gasteiger partial charge in [-0.2, -0.15) is 0 Å². The quantitative estimate of drug-likeness (QED) is 0.372. The van der Waals surface area contributed by atoms with E-state index < -0.39 is 20.9 Å². The van der Waals surface area contributed by atoms with Crippen LogP contribution < -0.4 is 10.3 Å². The molecule has 0 radical (unpaired) electrons. The molecule has 1 heterocycles. The Balaban J connectivity index is 1.57. The summed E-state index contributed by atoms with van der Waals surface area (Å²) in [4.78, 5) is 24.5. The number of carbonyl (C=O) groups is 1. The number of aryl methyl sites for hydroxylation is 1. The number of sulfonamides is 1. The number of benzene rings is 3. The molecule has 9 nitrogen and oxygen atoms in total. The van der Waals surface area contributed by atoms with Crippen LogP contribution >= 0.6 is 0 Å². The van der Waals surface area contributed by atoms with E-state index >= 15 is 0 Å². The third kappa shape index (κ3) is 3.49. The highest BCUT2D eigenvalue weighted by Crippen LogP contribution is 2.29. The predicted molar refractivity (Wildman–Crippen MR) is 109 cm³/mol. The second-order valence-corrected chi connectivity index (χ2v) is 8.26. The van der Waals surface area contributed by atoms with Crippen molar-refractivity contribution in [2.45, 2.75) is 11.8 Å². The normalized spacial score (nSPS) is 11.6. The molecule has 0 fully saturated rings. The summed E-state index contributed by atoms with van der Waals surface area (Å²) in [6.07, 6.45) is 0. The average molecular weight is 425 g/mol. The molecule has 10 heteroatoms. The summed E-state index contributed by atoms with van der Waals surface area (Å²) in [5.74, 6) is -0.688. The van der Waals surface area contributed by atoms with Crippen LogP contribution in [0, 0.1) is 17.0 Å². The maximum atomic E-state index is 12.5. The molecule has 4 rings (SSSR count). The Morgan fingerprint density at radius 1 is 1.00 bits per heavy atom. The number of amides is 1. The Hall–Kier alpha value is -3.76. The van der Waals surface area contributed by atoms with Crippen LogP contribution in [0.4, 0.5) is 5.69 Å². The minimum atomic E-state index is -4.21. The molecule has 0 aliphatic rings. The minimum absolute atomic E-state index is 0.214. The van der Waals surface area contributed by atoms with E-state index in [9.17, 15) is 23.3 Å². The van der Waals surface area contributed by atoms with Crippen molar-refractivity contribution in [2.24, 2.45) is 0 Å². The van der Waals surface area contributed by atoms with Crippen LogP contribution in [-0.2, 0) is 10.0 Å². The molecule has 1 amide bonds. The van der Waals surface area contributed by atoms with E-state index in [0.717, 1.165) is 16.8 Å². The molecule has 0 aliphatic heterocycles. The van der Waals surface area contributed by atoms with Crippen LogP contribution in [0.1, 0.15) is 15.9 Å². The van der Waals surface area contributed by atoms with Gasteiger partial charge in [-0.1, -0.05) is 24.3 Å². The van der Waals surface area contributed by atoms with E-state index in [2.05, 4.69) is 5.43 Å². The SMILES string of the molecule is Cc1ccc(S(=O)(=O)NNC(=O)c2ccc3oc4ccccc4c3c2)cc1[N+](=O)[O-]. The zero-order chi connectivity index (χ0) is 21.5. The lowest BCUT2D eigenvalue weighted by atomic mass is 10.1. The summed E-state index contributed by atoms with van der Waals surface area (Å²) in [6.45, 7) is 1.50. The second-order valence-electron chi connectivity index (χ2n) is 6.57. The van der Waals surface area contributed by atoms with Gasteiger partial charge < -0.3 is 4.42 Å². The molecule has 2 N–H and O–H groups in total. The summed E-state index contributed by atoms with van der Waals surface area (Å²) >= 11 is 0. The molecule has 0 bridgehead atoms. The number of nitrogens with one attached hydrogen (secondary N) is 2. The number of hydrogen-bond acceptors (Lipinski definition) is 6. The third-order valence-corrected chi connectivity index (χ3v) is 5.87. The van der Waals surface area contributed by atoms with E-state index in [-0.39, 0.29) is 16.1 Å². The van der Waals surface area contributed by atoms with Crippen molar-refractivity contribution in [1.82, 2.24) is 10.3 Å². The molecule has 0 unspecified atom stereocenters. The van der Waals surface area contributed by atoms with Gasteiger partial charge in [-0.05, 0) is 37.3 Å². The second kappa shape index (κ2) is 7.25. The summed E-state index contributed by atoms with van der Waals surface area (Å²) in [5, 5.41) is 12.6. The molecule has 0 aliphatic carbocycles. The zero-order valence-corrected chi connectivity index (χ0v) is 16.4. The van der Waals surface area contributed by atoms with E-state index in [1.54, 1.807) is 12.1 Å². The summed E-state index contributed by atoms with van der Waals surface area (Å²) in [6, 6.07) is 15.6. The largest absolute Gasteiger partial charge is 0.456 e. The number of hydrogen-bond donors (Lipinski definition) is 2. The molecule has 4 aromatic rings. The van der Waals surface area contributed by atoms with Crippen molar-refractivity contribution in [2.75, 3.05) is 0 Å². The average Bonchev–Trinajstić information content (AvgIpc) is 3.10. The van der Waals surface area contributed by atoms with Gasteiger partial charge in [0.2, 0.25) is 0 Å². The maximum Gasteiger partial charge on any atom is 0.273 e. The lowest BCUT2D eigenvalue weighted by Gasteiger charge is -2.09. The topological polar surface area (TPSA) is 132 Å². The standard InChI is InChI=1S/C20H15N3O6S/c1-12-6-8-14(11-17(12)23(25)26)30(27,28)22-21-20(24)13-7-9-19-16(10-13)15-4-2-3-5-18(15)29-19/h2-11,22H,1H3,(H,21,24). The Bertz CT molecular complexity index is 1430. The van der Waals surface area contributed by atoms with Gasteiger partial charge in [0.15, 0.2) is 0 Å². The minimum Gasteiger partial charge on any atom is -0.456 e. The van der Waals surface area contributed by atoms with Crippen molar-refractivity contribution in [3.05, 3.63) is 81.9 Å². The lowest BCUT2D eigenvalue weighted by molar-refractivity contribution is -0.385. The van der Waals surface area contributed by atoms with E-state index in [0.29, 0.717) is 16.7 Å². The summed E-state index contributed by atoms with van der Waals surface area (Å²) in [7, 11) is -4.21. The van der Waals surface area contributed by atoms with Crippen LogP contribution in [0.5, 0.6) is 0 Å². The highest BCUT2D eigenvalue weighted by Gasteiger charge is 2.21. The first kappa shape index (κ1) is 19.6. The summed E-state index contributed by atoms with van der Waals surface area (Å²) < 4.78 is 30.6. The first-order valence-electron chi connectivity index (χ1n) is 8.75. The molecule has 3 aromatic carbocycles. The first-order chi connectivity index (χ1) is 14.3. The lowest BCUT2D eigenvalue weighted by Crippen LogP contribution is -2.41. The van der Waals surface area contributed by atoms with Crippen molar-refractivity contribution in [1.29, 1.82) is 0 Å². The van der Waals surface area contributed by atoms with Gasteiger partial charge >= 0.3 is 0 Å². The molecular weight excluding hydrogens is 410 g/mol. The highest BCUT2D eigenvalue weighted by atomic mass is 32.2. The number of nitro benzene ring substituents is 1. The predicted octanol–water partition coefficient (Wildman–Crippen LogP) is 3.43. The smallest absolute Gasteiger partial charge is 0.273 e. The number of carbonyl (C=O) groups excluding carboxylic acids is 1. The third-order valence-electron chi connectivity index (χ3n) is 4.63. The van der Waals surface area contributed by atoms with Crippen molar-refractivity contribution in [3.63, 3.8) is 0 Å². The van der Waals surface area contributed by atoms with Gasteiger partial charge in [-0.3, -0.25) is 20.3 Å². The molecule has 0 saturated heterocycles. The Morgan fingerprint density at radius 2 is 1.73 bits per heavy atom. The Labute approximate surface area is 170 Å². The Kier molecular flexibility index (Phi) is 4.72. The van der Waals surface area contributed by atoms with Crippen LogP contribution in [0.3, 0.4) is 0 Å². The number of hydrazine groups is 1. The fraction of sp³-hybridized carbons (Fsp3) is 0.0500. The van der Waals surface area contributed by atoms with E-state index in [1.165, 1.54) is 25.1 Å². The number of nitro groups is 1. The molecule has 152 valence electrons. The van der Waals surface area contributed by atoms with Crippen molar-refractivity contribution >= 4 is 43.6 Å². The first-order valence-corrected chi connectivity index (χ1v) is 10.2. The molecule has 0 spiro atoms. The fourth-order valence-electron chi connectivity index (χ4n) is 3.07. The number of nitrogens with zero attached hydrogens (tertiary/aromatic N) is 1. The highest BCUT2D eigenvalue weighted by molar-refractivity contribution is 7.89. The number of para-hydroxylation sites is 1. The van der Waals surface area contributed by atoms with Crippen LogP contribution in [0.2, 0.25) is 0 Å². The molecule has 0 saturated carbocycles. The van der Waals surface area contributed by atoms with Gasteiger partial charge in [0, 0.05) is 28.0 Å². The van der Waals surface area contributed by atoms with Gasteiger partial charge in [-0.15, -0.1) is 4.83 Å². The fourth-order valence-corrected chi connectivity index (χ4v) is 3.92. The van der Waals surface area contributed by atoms with Crippen LogP contribution in [-0.4, -0.2) is 19.2 Å². The van der Waals surface area contributed by atoms with Crippen LogP contribution in [0.25, 0.3) is 21.9 Å². The van der Waals surface area contributed by atoms with Gasteiger partial charge in [-0.25, -0.2) is 8.42 Å². The zero-order valence-electron chi connectivity index (χ0n) is 15.6. The molecular formula is C20H15N3O6S.